The van der Waals surface area contributed by atoms with Crippen molar-refractivity contribution in [1.82, 2.24) is 9.47 Å². The van der Waals surface area contributed by atoms with Crippen molar-refractivity contribution >= 4 is 5.91 Å². The Kier molecular flexibility index (Phi) is 5.61. The van der Waals surface area contributed by atoms with E-state index in [1.807, 2.05) is 45.0 Å². The van der Waals surface area contributed by atoms with Crippen LogP contribution in [0.5, 0.6) is 0 Å². The number of hydrogen-bond acceptors (Lipinski definition) is 2. The number of benzene rings is 1. The van der Waals surface area contributed by atoms with E-state index in [0.29, 0.717) is 13.1 Å². The van der Waals surface area contributed by atoms with Gasteiger partial charge >= 0.3 is 0 Å². The minimum atomic E-state index is -0.0151. The van der Waals surface area contributed by atoms with Crippen LogP contribution in [0.2, 0.25) is 0 Å². The maximum absolute atomic E-state index is 12.7. The van der Waals surface area contributed by atoms with Gasteiger partial charge in [0, 0.05) is 24.5 Å². The van der Waals surface area contributed by atoms with Gasteiger partial charge in [-0.15, -0.1) is 0 Å². The van der Waals surface area contributed by atoms with Gasteiger partial charge in [-0.2, -0.15) is 0 Å². The molecule has 4 heteroatoms. The Hall–Kier alpha value is -2.07. The average Bonchev–Trinajstić information content (AvgIpc) is 2.86. The van der Waals surface area contributed by atoms with Crippen molar-refractivity contribution in [2.24, 2.45) is 0 Å². The molecule has 1 N–H and O–H groups in total. The fourth-order valence-corrected chi connectivity index (χ4v) is 3.16. The molecule has 124 valence electrons. The van der Waals surface area contributed by atoms with Crippen molar-refractivity contribution in [2.45, 2.75) is 33.7 Å². The summed E-state index contributed by atoms with van der Waals surface area (Å²) < 4.78 is 2.20. The van der Waals surface area contributed by atoms with Gasteiger partial charge in [-0.3, -0.25) is 4.79 Å². The van der Waals surface area contributed by atoms with E-state index in [-0.39, 0.29) is 18.6 Å². The molecular formula is C19H26N2O2. The predicted molar refractivity (Wildman–Crippen MR) is 92.8 cm³/mol. The maximum Gasteiger partial charge on any atom is 0.255 e. The lowest BCUT2D eigenvalue weighted by Crippen LogP contribution is -2.33. The number of aromatic nitrogens is 1. The summed E-state index contributed by atoms with van der Waals surface area (Å²) in [6.07, 6.45) is 0. The molecular weight excluding hydrogens is 288 g/mol. The normalized spacial score (nSPS) is 12.2. The number of nitrogens with zero attached hydrogens (tertiary/aromatic N) is 2. The minimum absolute atomic E-state index is 0.0128. The summed E-state index contributed by atoms with van der Waals surface area (Å²) >= 11 is 0. The molecule has 1 amide bonds. The van der Waals surface area contributed by atoms with Crippen LogP contribution in [0.3, 0.4) is 0 Å². The minimum Gasteiger partial charge on any atom is -0.395 e. The Bertz CT molecular complexity index is 662. The SMILES string of the molecule is CCN(CCO)C(=O)c1cc(C)n(C(C)c2ccccc2)c1C. The van der Waals surface area contributed by atoms with Gasteiger partial charge in [-0.1, -0.05) is 30.3 Å². The first-order valence-corrected chi connectivity index (χ1v) is 8.14. The standard InChI is InChI=1S/C19H26N2O2/c1-5-20(11-12-22)19(23)18-13-14(2)21(16(18)4)15(3)17-9-7-6-8-10-17/h6-10,13,15,22H,5,11-12H2,1-4H3. The van der Waals surface area contributed by atoms with E-state index in [4.69, 9.17) is 5.11 Å². The van der Waals surface area contributed by atoms with Gasteiger partial charge < -0.3 is 14.6 Å². The number of carbonyl (C=O) groups is 1. The zero-order valence-electron chi connectivity index (χ0n) is 14.4. The molecule has 1 heterocycles. The van der Waals surface area contributed by atoms with E-state index in [1.54, 1.807) is 4.90 Å². The molecule has 0 saturated heterocycles. The van der Waals surface area contributed by atoms with Gasteiger partial charge in [0.1, 0.15) is 0 Å². The van der Waals surface area contributed by atoms with Crippen molar-refractivity contribution in [3.05, 3.63) is 58.9 Å². The van der Waals surface area contributed by atoms with Crippen LogP contribution in [0.4, 0.5) is 0 Å². The molecule has 2 rings (SSSR count). The molecule has 1 atom stereocenters. The predicted octanol–water partition coefficient (Wildman–Crippen LogP) is 3.17. The summed E-state index contributed by atoms with van der Waals surface area (Å²) in [7, 11) is 0. The van der Waals surface area contributed by atoms with Crippen LogP contribution in [-0.4, -0.2) is 40.2 Å². The molecule has 0 radical (unpaired) electrons. The van der Waals surface area contributed by atoms with Crippen LogP contribution in [0.1, 0.15) is 47.2 Å². The molecule has 4 nitrogen and oxygen atoms in total. The second-order valence-corrected chi connectivity index (χ2v) is 5.85. The van der Waals surface area contributed by atoms with Gasteiger partial charge in [0.05, 0.1) is 18.2 Å². The molecule has 0 aliphatic rings. The molecule has 0 spiro atoms. The number of likely N-dealkylation sites (N-methyl/N-ethyl adjacent to an activating group) is 1. The topological polar surface area (TPSA) is 45.5 Å². The summed E-state index contributed by atoms with van der Waals surface area (Å²) in [5, 5.41) is 9.13. The highest BCUT2D eigenvalue weighted by molar-refractivity contribution is 5.95. The highest BCUT2D eigenvalue weighted by Gasteiger charge is 2.22. The van der Waals surface area contributed by atoms with Crippen molar-refractivity contribution < 1.29 is 9.90 Å². The van der Waals surface area contributed by atoms with Gasteiger partial charge in [0.2, 0.25) is 0 Å². The maximum atomic E-state index is 12.7. The van der Waals surface area contributed by atoms with Crippen LogP contribution in [0.15, 0.2) is 36.4 Å². The monoisotopic (exact) mass is 314 g/mol. The smallest absolute Gasteiger partial charge is 0.255 e. The van der Waals surface area contributed by atoms with Crippen LogP contribution in [0.25, 0.3) is 0 Å². The lowest BCUT2D eigenvalue weighted by Gasteiger charge is -2.21. The zero-order chi connectivity index (χ0) is 17.0. The summed E-state index contributed by atoms with van der Waals surface area (Å²) in [6.45, 7) is 9.05. The molecule has 1 unspecified atom stereocenters. The number of aliphatic hydroxyl groups is 1. The fourth-order valence-electron chi connectivity index (χ4n) is 3.16. The number of hydrogen-bond donors (Lipinski definition) is 1. The van der Waals surface area contributed by atoms with E-state index in [1.165, 1.54) is 5.56 Å². The summed E-state index contributed by atoms with van der Waals surface area (Å²) in [6, 6.07) is 12.4. The lowest BCUT2D eigenvalue weighted by atomic mass is 10.1. The quantitative estimate of drug-likeness (QED) is 0.890. The van der Waals surface area contributed by atoms with Crippen LogP contribution < -0.4 is 0 Å². The first kappa shape index (κ1) is 17.3. The second-order valence-electron chi connectivity index (χ2n) is 5.85. The van der Waals surface area contributed by atoms with E-state index >= 15 is 0 Å². The van der Waals surface area contributed by atoms with Gasteiger partial charge in [0.15, 0.2) is 0 Å². The number of aryl methyl sites for hydroxylation is 1. The highest BCUT2D eigenvalue weighted by atomic mass is 16.3. The van der Waals surface area contributed by atoms with Crippen molar-refractivity contribution in [2.75, 3.05) is 19.7 Å². The molecule has 0 bridgehead atoms. The molecule has 2 aromatic rings. The molecule has 0 fully saturated rings. The molecule has 0 aliphatic carbocycles. The lowest BCUT2D eigenvalue weighted by molar-refractivity contribution is 0.0731. The first-order valence-electron chi connectivity index (χ1n) is 8.14. The largest absolute Gasteiger partial charge is 0.395 e. The Balaban J connectivity index is 2.38. The molecule has 1 aromatic carbocycles. The Morgan fingerprint density at radius 3 is 2.48 bits per heavy atom. The third-order valence-corrected chi connectivity index (χ3v) is 4.42. The van der Waals surface area contributed by atoms with E-state index in [0.717, 1.165) is 17.0 Å². The second kappa shape index (κ2) is 7.47. The highest BCUT2D eigenvalue weighted by Crippen LogP contribution is 2.26. The van der Waals surface area contributed by atoms with Crippen molar-refractivity contribution in [3.8, 4) is 0 Å². The average molecular weight is 314 g/mol. The van der Waals surface area contributed by atoms with Crippen LogP contribution >= 0.6 is 0 Å². The molecule has 0 saturated carbocycles. The number of rotatable bonds is 6. The molecule has 0 aliphatic heterocycles. The summed E-state index contributed by atoms with van der Waals surface area (Å²) in [5.41, 5.74) is 3.99. The Morgan fingerprint density at radius 2 is 1.91 bits per heavy atom. The molecule has 1 aromatic heterocycles. The number of aliphatic hydroxyl groups excluding tert-OH is 1. The van der Waals surface area contributed by atoms with E-state index in [9.17, 15) is 4.79 Å². The van der Waals surface area contributed by atoms with E-state index < -0.39 is 0 Å². The number of carbonyl (C=O) groups excluding carboxylic acids is 1. The third-order valence-electron chi connectivity index (χ3n) is 4.42. The first-order chi connectivity index (χ1) is 11.0. The van der Waals surface area contributed by atoms with E-state index in [2.05, 4.69) is 23.6 Å². The van der Waals surface area contributed by atoms with Crippen LogP contribution in [0, 0.1) is 13.8 Å². The zero-order valence-corrected chi connectivity index (χ0v) is 14.4. The summed E-state index contributed by atoms with van der Waals surface area (Å²) in [5.74, 6) is -0.0128. The van der Waals surface area contributed by atoms with Crippen molar-refractivity contribution in [1.29, 1.82) is 0 Å². The molecule has 23 heavy (non-hydrogen) atoms. The Morgan fingerprint density at radius 1 is 1.26 bits per heavy atom. The van der Waals surface area contributed by atoms with Crippen molar-refractivity contribution in [3.63, 3.8) is 0 Å². The van der Waals surface area contributed by atoms with Gasteiger partial charge in [0.25, 0.3) is 5.91 Å². The number of amides is 1. The third kappa shape index (κ3) is 3.48. The Labute approximate surface area is 138 Å². The van der Waals surface area contributed by atoms with Gasteiger partial charge in [-0.25, -0.2) is 0 Å². The van der Waals surface area contributed by atoms with Gasteiger partial charge in [-0.05, 0) is 39.3 Å². The summed E-state index contributed by atoms with van der Waals surface area (Å²) in [4.78, 5) is 14.4. The van der Waals surface area contributed by atoms with Crippen LogP contribution in [-0.2, 0) is 0 Å². The fraction of sp³-hybridized carbons (Fsp3) is 0.421.